The highest BCUT2D eigenvalue weighted by molar-refractivity contribution is 7.20. The second kappa shape index (κ2) is 7.88. The van der Waals surface area contributed by atoms with Gasteiger partial charge in [0.15, 0.2) is 0 Å². The molecule has 3 heterocycles. The van der Waals surface area contributed by atoms with Gasteiger partial charge in [-0.2, -0.15) is 0 Å². The first-order valence-corrected chi connectivity index (χ1v) is 10.2. The molecule has 1 fully saturated rings. The normalized spacial score (nSPS) is 16.3. The molecule has 6 nitrogen and oxygen atoms in total. The highest BCUT2D eigenvalue weighted by Crippen LogP contribution is 2.29. The number of rotatable bonds is 5. The van der Waals surface area contributed by atoms with Crippen molar-refractivity contribution >= 4 is 27.5 Å². The Hall–Kier alpha value is -1.73. The van der Waals surface area contributed by atoms with Crippen molar-refractivity contribution in [1.82, 2.24) is 19.4 Å². The predicted molar refractivity (Wildman–Crippen MR) is 106 cm³/mol. The quantitative estimate of drug-likeness (QED) is 0.805. The molecule has 1 aliphatic rings. The molecule has 2 aromatic heterocycles. The molecule has 2 aromatic rings. The van der Waals surface area contributed by atoms with Gasteiger partial charge in [-0.25, -0.2) is 4.98 Å². The molecule has 0 aromatic carbocycles. The first kappa shape index (κ1) is 19.0. The zero-order valence-corrected chi connectivity index (χ0v) is 16.9. The number of aromatic nitrogens is 2. The Morgan fingerprint density at radius 2 is 2.08 bits per heavy atom. The average molecular weight is 377 g/mol. The standard InChI is InChI=1S/C19H28N4O2S/c1-5-6-9-23-12-20-17-15(18(23)24)13(2)16(26-17)19(25)22(4)14-7-10-21(3)11-8-14/h12,14H,5-11H2,1-4H3. The number of unbranched alkanes of at least 4 members (excludes halogenated alkanes) is 1. The average Bonchev–Trinajstić information content (AvgIpc) is 2.98. The minimum Gasteiger partial charge on any atom is -0.338 e. The van der Waals surface area contributed by atoms with Crippen LogP contribution < -0.4 is 5.56 Å². The van der Waals surface area contributed by atoms with Gasteiger partial charge in [0.25, 0.3) is 11.5 Å². The Labute approximate surface area is 158 Å². The zero-order valence-electron chi connectivity index (χ0n) is 16.1. The van der Waals surface area contributed by atoms with Gasteiger partial charge in [-0.15, -0.1) is 11.3 Å². The Morgan fingerprint density at radius 1 is 1.38 bits per heavy atom. The summed E-state index contributed by atoms with van der Waals surface area (Å²) in [5, 5.41) is 0.605. The smallest absolute Gasteiger partial charge is 0.264 e. The van der Waals surface area contributed by atoms with Crippen molar-refractivity contribution < 1.29 is 4.79 Å². The number of aryl methyl sites for hydroxylation is 2. The van der Waals surface area contributed by atoms with E-state index in [0.717, 1.165) is 44.3 Å². The van der Waals surface area contributed by atoms with Crippen molar-refractivity contribution in [3.8, 4) is 0 Å². The van der Waals surface area contributed by atoms with Gasteiger partial charge in [0.05, 0.1) is 16.6 Å². The molecule has 0 N–H and O–H groups in total. The second-order valence-corrected chi connectivity index (χ2v) is 8.28. The molecule has 7 heteroatoms. The summed E-state index contributed by atoms with van der Waals surface area (Å²) in [5.41, 5.74) is 0.747. The molecule has 0 saturated carbocycles. The van der Waals surface area contributed by atoms with Crippen LogP contribution in [0.1, 0.15) is 47.8 Å². The molecule has 0 atom stereocenters. The predicted octanol–water partition coefficient (Wildman–Crippen LogP) is 2.73. The van der Waals surface area contributed by atoms with Crippen LogP contribution in [0, 0.1) is 6.92 Å². The van der Waals surface area contributed by atoms with E-state index in [2.05, 4.69) is 23.9 Å². The van der Waals surface area contributed by atoms with Crippen molar-refractivity contribution in [1.29, 1.82) is 0 Å². The molecular weight excluding hydrogens is 348 g/mol. The minimum absolute atomic E-state index is 0.0135. The summed E-state index contributed by atoms with van der Waals surface area (Å²) in [6, 6.07) is 0.262. The number of amides is 1. The van der Waals surface area contributed by atoms with Gasteiger partial charge in [0.2, 0.25) is 0 Å². The van der Waals surface area contributed by atoms with Gasteiger partial charge < -0.3 is 9.80 Å². The Kier molecular flexibility index (Phi) is 5.77. The van der Waals surface area contributed by atoms with E-state index in [4.69, 9.17) is 0 Å². The zero-order chi connectivity index (χ0) is 18.8. The maximum absolute atomic E-state index is 13.1. The second-order valence-electron chi connectivity index (χ2n) is 7.28. The Bertz CT molecular complexity index is 849. The number of fused-ring (bicyclic) bond motifs is 1. The molecular formula is C19H28N4O2S. The van der Waals surface area contributed by atoms with Crippen LogP contribution in [0.25, 0.3) is 10.2 Å². The van der Waals surface area contributed by atoms with Crippen LogP contribution in [0.5, 0.6) is 0 Å². The molecule has 1 aliphatic heterocycles. The highest BCUT2D eigenvalue weighted by atomic mass is 32.1. The molecule has 0 radical (unpaired) electrons. The number of carbonyl (C=O) groups is 1. The molecule has 26 heavy (non-hydrogen) atoms. The van der Waals surface area contributed by atoms with E-state index < -0.39 is 0 Å². The lowest BCUT2D eigenvalue weighted by atomic mass is 10.0. The SMILES string of the molecule is CCCCn1cnc2sc(C(=O)N(C)C3CCN(C)CC3)c(C)c2c1=O. The summed E-state index contributed by atoms with van der Waals surface area (Å²) >= 11 is 1.35. The molecule has 0 bridgehead atoms. The number of thiophene rings is 1. The van der Waals surface area contributed by atoms with Crippen molar-refractivity contribution in [2.24, 2.45) is 0 Å². The topological polar surface area (TPSA) is 58.4 Å². The lowest BCUT2D eigenvalue weighted by molar-refractivity contribution is 0.0664. The van der Waals surface area contributed by atoms with Crippen LogP contribution in [0.4, 0.5) is 0 Å². The van der Waals surface area contributed by atoms with Crippen molar-refractivity contribution in [2.75, 3.05) is 27.2 Å². The molecule has 0 spiro atoms. The van der Waals surface area contributed by atoms with Crippen LogP contribution in [0.2, 0.25) is 0 Å². The Balaban J connectivity index is 1.90. The van der Waals surface area contributed by atoms with Crippen LogP contribution in [0.15, 0.2) is 11.1 Å². The summed E-state index contributed by atoms with van der Waals surface area (Å²) in [6.07, 6.45) is 5.57. The maximum Gasteiger partial charge on any atom is 0.264 e. The van der Waals surface area contributed by atoms with Gasteiger partial charge >= 0.3 is 0 Å². The van der Waals surface area contributed by atoms with E-state index in [1.807, 2.05) is 18.9 Å². The molecule has 142 valence electrons. The van der Waals surface area contributed by atoms with Gasteiger partial charge in [0.1, 0.15) is 4.83 Å². The van der Waals surface area contributed by atoms with Gasteiger partial charge in [-0.3, -0.25) is 14.2 Å². The van der Waals surface area contributed by atoms with E-state index in [0.29, 0.717) is 21.6 Å². The van der Waals surface area contributed by atoms with E-state index in [-0.39, 0.29) is 17.5 Å². The largest absolute Gasteiger partial charge is 0.338 e. The molecule has 3 rings (SSSR count). The summed E-state index contributed by atoms with van der Waals surface area (Å²) < 4.78 is 1.67. The number of nitrogens with zero attached hydrogens (tertiary/aromatic N) is 4. The maximum atomic E-state index is 13.1. The highest BCUT2D eigenvalue weighted by Gasteiger charge is 2.28. The van der Waals surface area contributed by atoms with Gasteiger partial charge in [0, 0.05) is 19.6 Å². The van der Waals surface area contributed by atoms with Crippen LogP contribution in [-0.4, -0.2) is 58.5 Å². The fraction of sp³-hybridized carbons (Fsp3) is 0.632. The van der Waals surface area contributed by atoms with Crippen LogP contribution in [0.3, 0.4) is 0 Å². The fourth-order valence-electron chi connectivity index (χ4n) is 3.56. The minimum atomic E-state index is -0.0294. The van der Waals surface area contributed by atoms with Crippen LogP contribution >= 0.6 is 11.3 Å². The summed E-state index contributed by atoms with van der Waals surface area (Å²) in [4.78, 5) is 35.8. The summed E-state index contributed by atoms with van der Waals surface area (Å²) in [6.45, 7) is 6.67. The van der Waals surface area contributed by atoms with Gasteiger partial charge in [-0.1, -0.05) is 13.3 Å². The number of hydrogen-bond acceptors (Lipinski definition) is 5. The summed E-state index contributed by atoms with van der Waals surface area (Å²) in [5.74, 6) is 0.0135. The third kappa shape index (κ3) is 3.55. The number of carbonyl (C=O) groups excluding carboxylic acids is 1. The molecule has 1 saturated heterocycles. The molecule has 0 aliphatic carbocycles. The van der Waals surface area contributed by atoms with E-state index in [1.54, 1.807) is 10.9 Å². The number of piperidine rings is 1. The third-order valence-electron chi connectivity index (χ3n) is 5.42. The van der Waals surface area contributed by atoms with Crippen LogP contribution in [-0.2, 0) is 6.54 Å². The van der Waals surface area contributed by atoms with E-state index >= 15 is 0 Å². The molecule has 0 unspecified atom stereocenters. The van der Waals surface area contributed by atoms with E-state index in [1.165, 1.54) is 11.3 Å². The lowest BCUT2D eigenvalue weighted by Crippen LogP contribution is -2.44. The van der Waals surface area contributed by atoms with Crippen molar-refractivity contribution in [2.45, 2.75) is 52.1 Å². The van der Waals surface area contributed by atoms with E-state index in [9.17, 15) is 9.59 Å². The molecule has 1 amide bonds. The number of likely N-dealkylation sites (tertiary alicyclic amines) is 1. The summed E-state index contributed by atoms with van der Waals surface area (Å²) in [7, 11) is 4.00. The van der Waals surface area contributed by atoms with Crippen molar-refractivity contribution in [3.63, 3.8) is 0 Å². The first-order chi connectivity index (χ1) is 12.4. The Morgan fingerprint density at radius 3 is 2.73 bits per heavy atom. The monoisotopic (exact) mass is 376 g/mol. The van der Waals surface area contributed by atoms with Gasteiger partial charge in [-0.05, 0) is 51.9 Å². The first-order valence-electron chi connectivity index (χ1n) is 9.38. The lowest BCUT2D eigenvalue weighted by Gasteiger charge is -2.35. The number of hydrogen-bond donors (Lipinski definition) is 0. The fourth-order valence-corrected chi connectivity index (χ4v) is 4.68. The van der Waals surface area contributed by atoms with Crippen molar-refractivity contribution in [3.05, 3.63) is 27.1 Å². The third-order valence-corrected chi connectivity index (χ3v) is 6.61.